The van der Waals surface area contributed by atoms with E-state index in [2.05, 4.69) is 24.5 Å². The van der Waals surface area contributed by atoms with Crippen molar-refractivity contribution in [3.05, 3.63) is 0 Å². The van der Waals surface area contributed by atoms with Crippen LogP contribution in [0.15, 0.2) is 0 Å². The maximum absolute atomic E-state index is 11.2. The first-order valence-corrected chi connectivity index (χ1v) is 4.63. The van der Waals surface area contributed by atoms with Gasteiger partial charge in [0.1, 0.15) is 0 Å². The molecular formula is C9H18N2O. The fraction of sp³-hybridized carbons (Fsp3) is 0.889. The monoisotopic (exact) mass is 170 g/mol. The standard InChI is InChI=1S/C9H18N2O/c1-6(2)4-8-5-10-7(3)9(12)11-8/h6-8,10H,4-5H2,1-3H3,(H,11,12)/t7-,8-/m0/s1. The van der Waals surface area contributed by atoms with Gasteiger partial charge >= 0.3 is 0 Å². The van der Waals surface area contributed by atoms with Gasteiger partial charge in [0.25, 0.3) is 0 Å². The lowest BCUT2D eigenvalue weighted by molar-refractivity contribution is -0.125. The summed E-state index contributed by atoms with van der Waals surface area (Å²) in [6.45, 7) is 7.14. The van der Waals surface area contributed by atoms with E-state index < -0.39 is 0 Å². The Bertz CT molecular complexity index is 168. The third-order valence-corrected chi connectivity index (χ3v) is 2.17. The highest BCUT2D eigenvalue weighted by Gasteiger charge is 2.23. The molecule has 1 aliphatic rings. The maximum Gasteiger partial charge on any atom is 0.237 e. The van der Waals surface area contributed by atoms with Crippen molar-refractivity contribution in [3.63, 3.8) is 0 Å². The molecule has 0 saturated carbocycles. The van der Waals surface area contributed by atoms with Gasteiger partial charge in [0.05, 0.1) is 6.04 Å². The molecule has 3 nitrogen and oxygen atoms in total. The number of amides is 1. The molecule has 0 spiro atoms. The SMILES string of the molecule is CC(C)C[C@H]1CN[C@@H](C)C(=O)N1. The Morgan fingerprint density at radius 3 is 2.75 bits per heavy atom. The summed E-state index contributed by atoms with van der Waals surface area (Å²) in [5.41, 5.74) is 0. The Labute approximate surface area is 73.9 Å². The molecule has 2 N–H and O–H groups in total. The zero-order chi connectivity index (χ0) is 9.14. The predicted molar refractivity (Wildman–Crippen MR) is 48.9 cm³/mol. The molecule has 0 unspecified atom stereocenters. The Hall–Kier alpha value is -0.570. The molecule has 1 amide bonds. The summed E-state index contributed by atoms with van der Waals surface area (Å²) >= 11 is 0. The van der Waals surface area contributed by atoms with E-state index in [1.807, 2.05) is 6.92 Å². The van der Waals surface area contributed by atoms with Gasteiger partial charge in [-0.3, -0.25) is 4.79 Å². The second kappa shape index (κ2) is 3.90. The van der Waals surface area contributed by atoms with Crippen molar-refractivity contribution in [2.45, 2.75) is 39.3 Å². The highest BCUT2D eigenvalue weighted by Crippen LogP contribution is 2.06. The highest BCUT2D eigenvalue weighted by molar-refractivity contribution is 5.82. The minimum Gasteiger partial charge on any atom is -0.351 e. The molecule has 0 aliphatic carbocycles. The smallest absolute Gasteiger partial charge is 0.237 e. The molecule has 0 bridgehead atoms. The van der Waals surface area contributed by atoms with Crippen molar-refractivity contribution in [1.82, 2.24) is 10.6 Å². The topological polar surface area (TPSA) is 41.1 Å². The molecule has 1 rings (SSSR count). The van der Waals surface area contributed by atoms with Crippen molar-refractivity contribution in [2.75, 3.05) is 6.54 Å². The van der Waals surface area contributed by atoms with E-state index in [4.69, 9.17) is 0 Å². The van der Waals surface area contributed by atoms with Crippen LogP contribution in [0, 0.1) is 5.92 Å². The van der Waals surface area contributed by atoms with Gasteiger partial charge < -0.3 is 10.6 Å². The lowest BCUT2D eigenvalue weighted by Crippen LogP contribution is -2.57. The van der Waals surface area contributed by atoms with Gasteiger partial charge in [0, 0.05) is 12.6 Å². The number of nitrogens with one attached hydrogen (secondary N) is 2. The van der Waals surface area contributed by atoms with E-state index in [0.717, 1.165) is 13.0 Å². The first-order chi connectivity index (χ1) is 5.59. The maximum atomic E-state index is 11.2. The molecule has 1 fully saturated rings. The van der Waals surface area contributed by atoms with E-state index >= 15 is 0 Å². The van der Waals surface area contributed by atoms with Gasteiger partial charge in [0.15, 0.2) is 0 Å². The van der Waals surface area contributed by atoms with Gasteiger partial charge in [-0.25, -0.2) is 0 Å². The number of carbonyl (C=O) groups excluding carboxylic acids is 1. The Morgan fingerprint density at radius 1 is 1.58 bits per heavy atom. The summed E-state index contributed by atoms with van der Waals surface area (Å²) in [4.78, 5) is 11.2. The summed E-state index contributed by atoms with van der Waals surface area (Å²) in [5, 5.41) is 6.17. The van der Waals surface area contributed by atoms with Crippen molar-refractivity contribution in [1.29, 1.82) is 0 Å². The van der Waals surface area contributed by atoms with Crippen molar-refractivity contribution in [2.24, 2.45) is 5.92 Å². The van der Waals surface area contributed by atoms with Gasteiger partial charge in [0.2, 0.25) is 5.91 Å². The summed E-state index contributed by atoms with van der Waals surface area (Å²) in [6.07, 6.45) is 1.06. The molecule has 1 heterocycles. The van der Waals surface area contributed by atoms with Gasteiger partial charge in [-0.1, -0.05) is 13.8 Å². The lowest BCUT2D eigenvalue weighted by atomic mass is 10.0. The lowest BCUT2D eigenvalue weighted by Gasteiger charge is -2.29. The van der Waals surface area contributed by atoms with Crippen LogP contribution in [0.5, 0.6) is 0 Å². The van der Waals surface area contributed by atoms with E-state index in [1.54, 1.807) is 0 Å². The quantitative estimate of drug-likeness (QED) is 0.634. The summed E-state index contributed by atoms with van der Waals surface area (Å²) in [5.74, 6) is 0.775. The fourth-order valence-electron chi connectivity index (χ4n) is 1.50. The highest BCUT2D eigenvalue weighted by atomic mass is 16.2. The van der Waals surface area contributed by atoms with E-state index in [-0.39, 0.29) is 11.9 Å². The first-order valence-electron chi connectivity index (χ1n) is 4.63. The van der Waals surface area contributed by atoms with Crippen molar-refractivity contribution in [3.8, 4) is 0 Å². The molecule has 12 heavy (non-hydrogen) atoms. The average molecular weight is 170 g/mol. The number of hydrogen-bond donors (Lipinski definition) is 2. The molecule has 2 atom stereocenters. The second-order valence-electron chi connectivity index (χ2n) is 3.96. The Morgan fingerprint density at radius 2 is 2.25 bits per heavy atom. The molecule has 70 valence electrons. The van der Waals surface area contributed by atoms with E-state index in [1.165, 1.54) is 0 Å². The predicted octanol–water partition coefficient (Wildman–Crippen LogP) is 0.509. The molecule has 0 aromatic heterocycles. The first kappa shape index (κ1) is 9.52. The van der Waals surface area contributed by atoms with Crippen LogP contribution in [0.1, 0.15) is 27.2 Å². The summed E-state index contributed by atoms with van der Waals surface area (Å²) in [6, 6.07) is 0.308. The Balaban J connectivity index is 2.35. The molecule has 0 aromatic carbocycles. The van der Waals surface area contributed by atoms with Crippen LogP contribution in [0.3, 0.4) is 0 Å². The van der Waals surface area contributed by atoms with Crippen molar-refractivity contribution >= 4 is 5.91 Å². The summed E-state index contributed by atoms with van der Waals surface area (Å²) in [7, 11) is 0. The van der Waals surface area contributed by atoms with Gasteiger partial charge in [-0.05, 0) is 19.3 Å². The van der Waals surface area contributed by atoms with Crippen LogP contribution in [-0.4, -0.2) is 24.5 Å². The van der Waals surface area contributed by atoms with Crippen LogP contribution in [0.2, 0.25) is 0 Å². The van der Waals surface area contributed by atoms with Crippen LogP contribution in [0.25, 0.3) is 0 Å². The van der Waals surface area contributed by atoms with Gasteiger partial charge in [-0.2, -0.15) is 0 Å². The molecular weight excluding hydrogens is 152 g/mol. The number of carbonyl (C=O) groups is 1. The minimum absolute atomic E-state index is 0.0200. The van der Waals surface area contributed by atoms with Crippen LogP contribution < -0.4 is 10.6 Å². The van der Waals surface area contributed by atoms with Crippen molar-refractivity contribution < 1.29 is 4.79 Å². The van der Waals surface area contributed by atoms with Crippen LogP contribution >= 0.6 is 0 Å². The van der Waals surface area contributed by atoms with Gasteiger partial charge in [-0.15, -0.1) is 0 Å². The molecule has 1 aliphatic heterocycles. The third kappa shape index (κ3) is 2.48. The van der Waals surface area contributed by atoms with E-state index in [0.29, 0.717) is 12.0 Å². The number of piperazine rings is 1. The van der Waals surface area contributed by atoms with Crippen LogP contribution in [-0.2, 0) is 4.79 Å². The third-order valence-electron chi connectivity index (χ3n) is 2.17. The largest absolute Gasteiger partial charge is 0.351 e. The molecule has 0 aromatic rings. The second-order valence-corrected chi connectivity index (χ2v) is 3.96. The Kier molecular flexibility index (Phi) is 3.09. The van der Waals surface area contributed by atoms with Crippen LogP contribution in [0.4, 0.5) is 0 Å². The number of hydrogen-bond acceptors (Lipinski definition) is 2. The molecule has 0 radical (unpaired) electrons. The zero-order valence-electron chi connectivity index (χ0n) is 8.05. The minimum atomic E-state index is -0.0200. The van der Waals surface area contributed by atoms with E-state index in [9.17, 15) is 4.79 Å². The zero-order valence-corrected chi connectivity index (χ0v) is 8.05. The molecule has 1 saturated heterocycles. The number of rotatable bonds is 2. The molecule has 3 heteroatoms. The normalized spacial score (nSPS) is 30.5. The summed E-state index contributed by atoms with van der Waals surface area (Å²) < 4.78 is 0. The fourth-order valence-corrected chi connectivity index (χ4v) is 1.50. The average Bonchev–Trinajstić information content (AvgIpc) is 1.96.